The number of aromatic nitrogens is 2. The molecule has 0 aromatic carbocycles. The lowest BCUT2D eigenvalue weighted by molar-refractivity contribution is -0.131. The van der Waals surface area contributed by atoms with Gasteiger partial charge >= 0.3 is 5.69 Å². The molecule has 2 heterocycles. The van der Waals surface area contributed by atoms with Gasteiger partial charge in [0, 0.05) is 27.5 Å². The fraction of sp³-hybridized carbons (Fsp3) is 0.643. The Bertz CT molecular complexity index is 671. The third-order valence-corrected chi connectivity index (χ3v) is 3.75. The van der Waals surface area contributed by atoms with Gasteiger partial charge in [-0.3, -0.25) is 14.6 Å². The fourth-order valence-electron chi connectivity index (χ4n) is 2.62. The Hall–Kier alpha value is -2.01. The van der Waals surface area contributed by atoms with E-state index in [2.05, 4.69) is 15.3 Å². The van der Waals surface area contributed by atoms with Gasteiger partial charge in [0.1, 0.15) is 31.0 Å². The van der Waals surface area contributed by atoms with Crippen molar-refractivity contribution in [3.8, 4) is 0 Å². The topological polar surface area (TPSA) is 132 Å². The van der Waals surface area contributed by atoms with Crippen molar-refractivity contribution in [3.05, 3.63) is 32.6 Å². The van der Waals surface area contributed by atoms with E-state index in [-0.39, 0.29) is 24.7 Å². The first kappa shape index (κ1) is 18.3. The normalized spacial score (nSPS) is 26.5. The first-order valence-corrected chi connectivity index (χ1v) is 7.33. The number of hydrogen-bond donors (Lipinski definition) is 3. The van der Waals surface area contributed by atoms with Crippen LogP contribution in [0.25, 0.3) is 0 Å². The van der Waals surface area contributed by atoms with Gasteiger partial charge in [-0.15, -0.1) is 0 Å². The summed E-state index contributed by atoms with van der Waals surface area (Å²) < 4.78 is 22.0. The van der Waals surface area contributed by atoms with Gasteiger partial charge in [-0.2, -0.15) is 0 Å². The number of nitrogens with one attached hydrogen (secondary N) is 3. The number of aromatic amines is 2. The molecule has 0 radical (unpaired) electrons. The molecule has 4 atom stereocenters. The minimum Gasteiger partial charge on any atom is -0.382 e. The molecule has 1 aromatic heterocycles. The Labute approximate surface area is 137 Å². The molecule has 3 N–H and O–H groups in total. The molecule has 1 amide bonds. The highest BCUT2D eigenvalue weighted by atomic mass is 16.6. The zero-order chi connectivity index (χ0) is 17.7. The summed E-state index contributed by atoms with van der Waals surface area (Å²) in [6.45, 7) is -0.00204. The first-order valence-electron chi connectivity index (χ1n) is 7.33. The highest BCUT2D eigenvalue weighted by Gasteiger charge is 2.47. The fourth-order valence-corrected chi connectivity index (χ4v) is 2.62. The minimum absolute atomic E-state index is 0.178. The largest absolute Gasteiger partial charge is 0.382 e. The molecule has 1 saturated heterocycles. The molecule has 1 aliphatic rings. The van der Waals surface area contributed by atoms with E-state index in [4.69, 9.17) is 18.9 Å². The van der Waals surface area contributed by atoms with Gasteiger partial charge in [0.15, 0.2) is 0 Å². The zero-order valence-corrected chi connectivity index (χ0v) is 13.7. The summed E-state index contributed by atoms with van der Waals surface area (Å²) >= 11 is 0. The van der Waals surface area contributed by atoms with Gasteiger partial charge in [-0.1, -0.05) is 0 Å². The van der Waals surface area contributed by atoms with Crippen LogP contribution in [0.5, 0.6) is 0 Å². The van der Waals surface area contributed by atoms with Crippen LogP contribution in [0.2, 0.25) is 0 Å². The summed E-state index contributed by atoms with van der Waals surface area (Å²) in [4.78, 5) is 39.3. The summed E-state index contributed by atoms with van der Waals surface area (Å²) in [5.74, 6) is -0.325. The summed E-state index contributed by atoms with van der Waals surface area (Å²) in [7, 11) is 4.48. The van der Waals surface area contributed by atoms with Gasteiger partial charge in [-0.05, 0) is 0 Å². The van der Waals surface area contributed by atoms with E-state index in [1.807, 2.05) is 0 Å². The Balaban J connectivity index is 2.32. The zero-order valence-electron chi connectivity index (χ0n) is 13.7. The van der Waals surface area contributed by atoms with Crippen molar-refractivity contribution in [2.75, 3.05) is 34.5 Å². The van der Waals surface area contributed by atoms with Crippen molar-refractivity contribution in [2.24, 2.45) is 0 Å². The van der Waals surface area contributed by atoms with E-state index in [0.29, 0.717) is 0 Å². The number of hydrogen-bond acceptors (Lipinski definition) is 7. The number of H-pyrrole nitrogens is 2. The molecule has 1 fully saturated rings. The predicted molar refractivity (Wildman–Crippen MR) is 81.8 cm³/mol. The lowest BCUT2D eigenvalue weighted by Gasteiger charge is -2.22. The average Bonchev–Trinajstić information content (AvgIpc) is 2.90. The van der Waals surface area contributed by atoms with Crippen molar-refractivity contribution in [1.82, 2.24) is 15.3 Å². The van der Waals surface area contributed by atoms with Gasteiger partial charge < -0.3 is 29.2 Å². The molecule has 0 saturated carbocycles. The molecule has 134 valence electrons. The maximum Gasteiger partial charge on any atom is 0.325 e. The van der Waals surface area contributed by atoms with Gasteiger partial charge in [-0.25, -0.2) is 4.79 Å². The third-order valence-electron chi connectivity index (χ3n) is 3.75. The third kappa shape index (κ3) is 3.90. The number of carbonyl (C=O) groups excluding carboxylic acids is 1. The van der Waals surface area contributed by atoms with Crippen LogP contribution in [0.1, 0.15) is 11.7 Å². The smallest absolute Gasteiger partial charge is 0.325 e. The Morgan fingerprint density at radius 3 is 2.67 bits per heavy atom. The number of amides is 1. The molecule has 0 spiro atoms. The molecular weight excluding hydrogens is 322 g/mol. The van der Waals surface area contributed by atoms with Crippen LogP contribution < -0.4 is 16.6 Å². The molecule has 0 aliphatic carbocycles. The van der Waals surface area contributed by atoms with Crippen molar-refractivity contribution in [1.29, 1.82) is 0 Å². The summed E-state index contributed by atoms with van der Waals surface area (Å²) in [5.41, 5.74) is -1.04. The molecule has 1 aliphatic heterocycles. The van der Waals surface area contributed by atoms with Gasteiger partial charge in [0.05, 0.1) is 12.2 Å². The monoisotopic (exact) mass is 343 g/mol. The van der Waals surface area contributed by atoms with Crippen LogP contribution in [-0.2, 0) is 23.7 Å². The van der Waals surface area contributed by atoms with Crippen LogP contribution in [0, 0.1) is 0 Å². The van der Waals surface area contributed by atoms with Gasteiger partial charge in [0.2, 0.25) is 5.91 Å². The molecular formula is C14H21N3O7. The molecule has 1 unspecified atom stereocenters. The maximum atomic E-state index is 12.1. The van der Waals surface area contributed by atoms with E-state index >= 15 is 0 Å². The second kappa shape index (κ2) is 8.20. The SMILES string of the molecule is CNC(=O)CO[C@H]1C(OC)[C@@H](COC)O[C@H]1c1c[nH]c(=O)[nH]c1=O. The van der Waals surface area contributed by atoms with E-state index < -0.39 is 35.7 Å². The second-order valence-electron chi connectivity index (χ2n) is 5.23. The van der Waals surface area contributed by atoms with Crippen LogP contribution in [0.15, 0.2) is 15.8 Å². The van der Waals surface area contributed by atoms with Crippen LogP contribution in [-0.4, -0.2) is 68.7 Å². The van der Waals surface area contributed by atoms with Crippen LogP contribution >= 0.6 is 0 Å². The standard InChI is InChI=1S/C14H21N3O7/c1-15-9(18)6-23-12-10(7-4-16-14(20)17-13(7)19)24-8(5-21-2)11(12)22-3/h4,8,10-12H,5-6H2,1-3H3,(H,15,18)(H2,16,17,19,20)/t8-,10+,11?,12-/m1/s1. The van der Waals surface area contributed by atoms with Crippen LogP contribution in [0.4, 0.5) is 0 Å². The number of carbonyl (C=O) groups is 1. The number of rotatable bonds is 7. The molecule has 24 heavy (non-hydrogen) atoms. The summed E-state index contributed by atoms with van der Waals surface area (Å²) in [5, 5.41) is 2.45. The minimum atomic E-state index is -0.819. The highest BCUT2D eigenvalue weighted by molar-refractivity contribution is 5.76. The van der Waals surface area contributed by atoms with Crippen LogP contribution in [0.3, 0.4) is 0 Å². The van der Waals surface area contributed by atoms with E-state index in [0.717, 1.165) is 0 Å². The number of likely N-dealkylation sites (N-methyl/N-ethyl adjacent to an activating group) is 1. The molecule has 10 nitrogen and oxygen atoms in total. The molecule has 1 aromatic rings. The Morgan fingerprint density at radius 1 is 1.33 bits per heavy atom. The number of methoxy groups -OCH3 is 2. The van der Waals surface area contributed by atoms with Crippen molar-refractivity contribution in [2.45, 2.75) is 24.4 Å². The highest BCUT2D eigenvalue weighted by Crippen LogP contribution is 2.35. The van der Waals surface area contributed by atoms with Crippen molar-refractivity contribution < 1.29 is 23.7 Å². The Kier molecular flexibility index (Phi) is 6.26. The maximum absolute atomic E-state index is 12.1. The predicted octanol–water partition coefficient (Wildman–Crippen LogP) is -1.70. The molecule has 10 heteroatoms. The van der Waals surface area contributed by atoms with Crippen molar-refractivity contribution in [3.63, 3.8) is 0 Å². The number of ether oxygens (including phenoxy) is 4. The molecule has 0 bridgehead atoms. The average molecular weight is 343 g/mol. The second-order valence-corrected chi connectivity index (χ2v) is 5.23. The van der Waals surface area contributed by atoms with E-state index in [1.54, 1.807) is 0 Å². The van der Waals surface area contributed by atoms with E-state index in [1.165, 1.54) is 27.5 Å². The van der Waals surface area contributed by atoms with E-state index in [9.17, 15) is 14.4 Å². The summed E-state index contributed by atoms with van der Waals surface area (Å²) in [6, 6.07) is 0. The first-order chi connectivity index (χ1) is 11.5. The van der Waals surface area contributed by atoms with Gasteiger partial charge in [0.25, 0.3) is 5.56 Å². The quantitative estimate of drug-likeness (QED) is 0.537. The lowest BCUT2D eigenvalue weighted by Crippen LogP contribution is -2.39. The van der Waals surface area contributed by atoms with Crippen molar-refractivity contribution >= 4 is 5.91 Å². The lowest BCUT2D eigenvalue weighted by atomic mass is 10.0. The Morgan fingerprint density at radius 2 is 2.08 bits per heavy atom. The molecule has 2 rings (SSSR count). The summed E-state index contributed by atoms with van der Waals surface area (Å²) in [6.07, 6.45) is -1.32.